The summed E-state index contributed by atoms with van der Waals surface area (Å²) in [6.07, 6.45) is -1.13. The second kappa shape index (κ2) is 8.85. The van der Waals surface area contributed by atoms with E-state index in [1.54, 1.807) is 38.1 Å². The van der Waals surface area contributed by atoms with Gasteiger partial charge in [0.15, 0.2) is 6.17 Å². The summed E-state index contributed by atoms with van der Waals surface area (Å²) in [5.74, 6) is 4.64. The number of hydroxylamine groups is 2. The zero-order valence-electron chi connectivity index (χ0n) is 18.5. The number of aryl methyl sites for hydroxylation is 2. The molecule has 0 aliphatic carbocycles. The molecule has 0 saturated carbocycles. The van der Waals surface area contributed by atoms with Crippen molar-refractivity contribution >= 4 is 29.3 Å². The van der Waals surface area contributed by atoms with Gasteiger partial charge in [0, 0.05) is 5.69 Å². The summed E-state index contributed by atoms with van der Waals surface area (Å²) in [5, 5.41) is 14.2. The molecule has 1 aliphatic rings. The van der Waals surface area contributed by atoms with Crippen molar-refractivity contribution in [3.8, 4) is 0 Å². The maximum Gasteiger partial charge on any atom is 0.347 e. The van der Waals surface area contributed by atoms with Crippen molar-refractivity contribution in [1.29, 1.82) is 0 Å². The lowest BCUT2D eigenvalue weighted by Gasteiger charge is -2.38. The summed E-state index contributed by atoms with van der Waals surface area (Å²) in [6.45, 7) is 6.64. The van der Waals surface area contributed by atoms with Gasteiger partial charge in [-0.1, -0.05) is 36.4 Å². The number of nitrogens with one attached hydrogen (secondary N) is 2. The highest BCUT2D eigenvalue weighted by molar-refractivity contribution is 6.00. The summed E-state index contributed by atoms with van der Waals surface area (Å²) in [6, 6.07) is 12.9. The number of amides is 5. The zero-order chi connectivity index (χ0) is 23.6. The van der Waals surface area contributed by atoms with E-state index in [9.17, 15) is 19.6 Å². The SMILES string of the molecule is Cc1ccccc1NC(=O)N(O)C1N(c2ccccc2C)C(=O)N(CC(=O)NN)C1(C)C. The van der Waals surface area contributed by atoms with Crippen LogP contribution < -0.4 is 21.5 Å². The molecule has 1 aliphatic heterocycles. The highest BCUT2D eigenvalue weighted by atomic mass is 16.5. The molecule has 5 N–H and O–H groups in total. The summed E-state index contributed by atoms with van der Waals surface area (Å²) < 4.78 is 0. The Bertz CT molecular complexity index is 1040. The van der Waals surface area contributed by atoms with Gasteiger partial charge in [0.05, 0.1) is 11.2 Å². The number of carbonyl (C=O) groups is 3. The van der Waals surface area contributed by atoms with E-state index < -0.39 is 29.7 Å². The number of hydrazine groups is 1. The molecule has 3 rings (SSSR count). The molecule has 5 amide bonds. The lowest BCUT2D eigenvalue weighted by Crippen LogP contribution is -2.59. The van der Waals surface area contributed by atoms with E-state index in [0.717, 1.165) is 11.1 Å². The maximum absolute atomic E-state index is 13.4. The number of rotatable bonds is 5. The first-order valence-electron chi connectivity index (χ1n) is 10.1. The number of carbonyl (C=O) groups excluding carboxylic acids is 3. The first-order chi connectivity index (χ1) is 15.1. The van der Waals surface area contributed by atoms with Crippen LogP contribution in [0.3, 0.4) is 0 Å². The molecule has 1 unspecified atom stereocenters. The molecule has 0 bridgehead atoms. The summed E-state index contributed by atoms with van der Waals surface area (Å²) in [4.78, 5) is 41.0. The van der Waals surface area contributed by atoms with E-state index in [4.69, 9.17) is 5.84 Å². The Morgan fingerprint density at radius 2 is 1.69 bits per heavy atom. The fourth-order valence-corrected chi connectivity index (χ4v) is 3.87. The normalized spacial score (nSPS) is 17.3. The van der Waals surface area contributed by atoms with Crippen molar-refractivity contribution < 1.29 is 19.6 Å². The van der Waals surface area contributed by atoms with Gasteiger partial charge >= 0.3 is 12.1 Å². The topological polar surface area (TPSA) is 131 Å². The minimum absolute atomic E-state index is 0.339. The van der Waals surface area contributed by atoms with Crippen molar-refractivity contribution in [3.63, 3.8) is 0 Å². The minimum Gasteiger partial charge on any atom is -0.306 e. The van der Waals surface area contributed by atoms with E-state index in [-0.39, 0.29) is 6.54 Å². The van der Waals surface area contributed by atoms with Crippen molar-refractivity contribution in [1.82, 2.24) is 15.4 Å². The number of anilines is 2. The second-order valence-electron chi connectivity index (χ2n) is 8.21. The number of benzene rings is 2. The van der Waals surface area contributed by atoms with Gasteiger partial charge in [-0.3, -0.25) is 20.3 Å². The molecule has 0 radical (unpaired) electrons. The summed E-state index contributed by atoms with van der Waals surface area (Å²) in [5.41, 5.74) is 3.48. The van der Waals surface area contributed by atoms with E-state index in [1.807, 2.05) is 43.5 Å². The van der Waals surface area contributed by atoms with Gasteiger partial charge in [0.25, 0.3) is 5.91 Å². The van der Waals surface area contributed by atoms with Crippen molar-refractivity contribution in [2.45, 2.75) is 39.4 Å². The molecule has 1 heterocycles. The Morgan fingerprint density at radius 1 is 1.09 bits per heavy atom. The molecular weight excluding hydrogens is 412 g/mol. The average Bonchev–Trinajstić information content (AvgIpc) is 2.95. The van der Waals surface area contributed by atoms with Crippen LogP contribution >= 0.6 is 0 Å². The van der Waals surface area contributed by atoms with Gasteiger partial charge in [-0.15, -0.1) is 0 Å². The van der Waals surface area contributed by atoms with E-state index in [0.29, 0.717) is 16.4 Å². The molecule has 1 atom stereocenters. The molecule has 32 heavy (non-hydrogen) atoms. The van der Waals surface area contributed by atoms with Gasteiger partial charge < -0.3 is 10.2 Å². The largest absolute Gasteiger partial charge is 0.347 e. The van der Waals surface area contributed by atoms with E-state index in [1.165, 1.54) is 9.80 Å². The third-order valence-electron chi connectivity index (χ3n) is 5.67. The first kappa shape index (κ1) is 23.0. The van der Waals surface area contributed by atoms with E-state index in [2.05, 4.69) is 5.32 Å². The number of para-hydroxylation sites is 2. The predicted octanol–water partition coefficient (Wildman–Crippen LogP) is 2.56. The molecule has 1 saturated heterocycles. The van der Waals surface area contributed by atoms with Gasteiger partial charge in [0.2, 0.25) is 0 Å². The van der Waals surface area contributed by atoms with Crippen molar-refractivity contribution in [2.75, 3.05) is 16.8 Å². The first-order valence-corrected chi connectivity index (χ1v) is 10.1. The molecular formula is C22H28N6O4. The van der Waals surface area contributed by atoms with Crippen LogP contribution in [0.2, 0.25) is 0 Å². The Hall–Kier alpha value is -3.63. The molecule has 170 valence electrons. The molecule has 0 aromatic heterocycles. The van der Waals surface area contributed by atoms with Crippen LogP contribution in [-0.4, -0.2) is 51.4 Å². The molecule has 2 aromatic carbocycles. The summed E-state index contributed by atoms with van der Waals surface area (Å²) >= 11 is 0. The Labute approximate surface area is 186 Å². The highest BCUT2D eigenvalue weighted by Gasteiger charge is 2.56. The number of nitrogens with zero attached hydrogens (tertiary/aromatic N) is 3. The Kier molecular flexibility index (Phi) is 6.37. The number of hydrogen-bond acceptors (Lipinski definition) is 5. The van der Waals surface area contributed by atoms with Crippen molar-refractivity contribution in [2.24, 2.45) is 5.84 Å². The molecule has 0 spiro atoms. The Morgan fingerprint density at radius 3 is 2.28 bits per heavy atom. The molecule has 10 heteroatoms. The third-order valence-corrected chi connectivity index (χ3v) is 5.67. The van der Waals surface area contributed by atoms with Crippen LogP contribution in [0.25, 0.3) is 0 Å². The molecule has 10 nitrogen and oxygen atoms in total. The maximum atomic E-state index is 13.4. The number of urea groups is 2. The Balaban J connectivity index is 2.03. The fraction of sp³-hybridized carbons (Fsp3) is 0.318. The second-order valence-corrected chi connectivity index (χ2v) is 8.21. The monoisotopic (exact) mass is 440 g/mol. The zero-order valence-corrected chi connectivity index (χ0v) is 18.5. The predicted molar refractivity (Wildman–Crippen MR) is 120 cm³/mol. The van der Waals surface area contributed by atoms with Gasteiger partial charge in [0.1, 0.15) is 6.54 Å². The molecule has 1 fully saturated rings. The quantitative estimate of drug-likeness (QED) is 0.246. The smallest absolute Gasteiger partial charge is 0.306 e. The van der Waals surface area contributed by atoms with Crippen LogP contribution in [0.5, 0.6) is 0 Å². The van der Waals surface area contributed by atoms with Gasteiger partial charge in [-0.05, 0) is 51.0 Å². The number of nitrogens with two attached hydrogens (primary N) is 1. The van der Waals surface area contributed by atoms with Crippen LogP contribution in [0, 0.1) is 13.8 Å². The van der Waals surface area contributed by atoms with E-state index >= 15 is 0 Å². The minimum atomic E-state index is -1.15. The average molecular weight is 441 g/mol. The van der Waals surface area contributed by atoms with Gasteiger partial charge in [-0.2, -0.15) is 5.06 Å². The van der Waals surface area contributed by atoms with Crippen LogP contribution in [-0.2, 0) is 4.79 Å². The highest BCUT2D eigenvalue weighted by Crippen LogP contribution is 2.39. The lowest BCUT2D eigenvalue weighted by atomic mass is 9.99. The van der Waals surface area contributed by atoms with Crippen LogP contribution in [0.1, 0.15) is 25.0 Å². The van der Waals surface area contributed by atoms with Crippen LogP contribution in [0.15, 0.2) is 48.5 Å². The van der Waals surface area contributed by atoms with Gasteiger partial charge in [-0.25, -0.2) is 15.4 Å². The standard InChI is InChI=1S/C22H28N6O4/c1-14-9-5-7-11-16(14)24-20(30)28(32)19-22(3,4)26(13-18(29)25-23)21(31)27(19)17-12-8-6-10-15(17)2/h5-12,19,32H,13,23H2,1-4H3,(H,24,30)(H,25,29). The van der Waals surface area contributed by atoms with Crippen LogP contribution in [0.4, 0.5) is 21.0 Å². The fourth-order valence-electron chi connectivity index (χ4n) is 3.87. The lowest BCUT2D eigenvalue weighted by molar-refractivity contribution is -0.124. The van der Waals surface area contributed by atoms with Crippen molar-refractivity contribution in [3.05, 3.63) is 59.7 Å². The molecule has 2 aromatic rings. The third kappa shape index (κ3) is 4.10. The summed E-state index contributed by atoms with van der Waals surface area (Å²) in [7, 11) is 0. The number of hydrogen-bond donors (Lipinski definition) is 4.